The highest BCUT2D eigenvalue weighted by Crippen LogP contribution is 2.37. The molecule has 0 aromatic rings. The topological polar surface area (TPSA) is 0 Å². The average Bonchev–Trinajstić information content (AvgIpc) is 2.32. The summed E-state index contributed by atoms with van der Waals surface area (Å²) in [6.07, 6.45) is 12.2. The van der Waals surface area contributed by atoms with E-state index in [2.05, 4.69) is 45.9 Å². The zero-order chi connectivity index (χ0) is 10.6. The molecule has 0 aromatic heterocycles. The Kier molecular flexibility index (Phi) is 3.97. The van der Waals surface area contributed by atoms with Gasteiger partial charge in [-0.05, 0) is 30.6 Å². The highest BCUT2D eigenvalue weighted by Gasteiger charge is 2.26. The maximum atomic E-state index is 2.44. The van der Waals surface area contributed by atoms with Crippen LogP contribution in [0.5, 0.6) is 0 Å². The molecule has 2 atom stereocenters. The summed E-state index contributed by atoms with van der Waals surface area (Å²) in [5, 5.41) is 0. The van der Waals surface area contributed by atoms with Crippen LogP contribution in [-0.4, -0.2) is 0 Å². The van der Waals surface area contributed by atoms with Gasteiger partial charge < -0.3 is 0 Å². The van der Waals surface area contributed by atoms with Gasteiger partial charge in [-0.1, -0.05) is 57.9 Å². The normalized spacial score (nSPS) is 32.6. The zero-order valence-corrected chi connectivity index (χ0v) is 10.1. The van der Waals surface area contributed by atoms with Crippen molar-refractivity contribution in [2.24, 2.45) is 11.3 Å². The van der Waals surface area contributed by atoms with Gasteiger partial charge in [0.2, 0.25) is 0 Å². The zero-order valence-electron chi connectivity index (χ0n) is 10.1. The predicted octanol–water partition coefficient (Wildman–Crippen LogP) is 4.73. The van der Waals surface area contributed by atoms with Crippen molar-refractivity contribution in [3.05, 3.63) is 23.8 Å². The Morgan fingerprint density at radius 3 is 2.71 bits per heavy atom. The first-order valence-electron chi connectivity index (χ1n) is 6.00. The van der Waals surface area contributed by atoms with Gasteiger partial charge in [0.15, 0.2) is 0 Å². The second-order valence-electron chi connectivity index (χ2n) is 4.86. The third-order valence-corrected chi connectivity index (χ3v) is 3.84. The lowest BCUT2D eigenvalue weighted by atomic mass is 9.75. The van der Waals surface area contributed by atoms with Crippen molar-refractivity contribution in [3.8, 4) is 0 Å². The molecule has 0 aliphatic heterocycles. The second kappa shape index (κ2) is 4.82. The monoisotopic (exact) mass is 192 g/mol. The van der Waals surface area contributed by atoms with Gasteiger partial charge in [0, 0.05) is 0 Å². The van der Waals surface area contributed by atoms with Gasteiger partial charge >= 0.3 is 0 Å². The molecule has 0 heterocycles. The lowest BCUT2D eigenvalue weighted by Gasteiger charge is -2.30. The summed E-state index contributed by atoms with van der Waals surface area (Å²) in [7, 11) is 0. The second-order valence-corrected chi connectivity index (χ2v) is 4.86. The van der Waals surface area contributed by atoms with Crippen molar-refractivity contribution < 1.29 is 0 Å². The van der Waals surface area contributed by atoms with Crippen LogP contribution in [0.2, 0.25) is 0 Å². The van der Waals surface area contributed by atoms with Gasteiger partial charge in [-0.25, -0.2) is 0 Å². The molecule has 0 nitrogen and oxygen atoms in total. The van der Waals surface area contributed by atoms with Crippen molar-refractivity contribution in [2.45, 2.75) is 53.4 Å². The van der Waals surface area contributed by atoms with Gasteiger partial charge in [-0.15, -0.1) is 0 Å². The van der Waals surface area contributed by atoms with Crippen LogP contribution < -0.4 is 0 Å². The third-order valence-electron chi connectivity index (χ3n) is 3.84. The highest BCUT2D eigenvalue weighted by atomic mass is 14.3. The van der Waals surface area contributed by atoms with Crippen LogP contribution in [0.1, 0.15) is 53.4 Å². The molecular formula is C14H24. The third kappa shape index (κ3) is 2.50. The van der Waals surface area contributed by atoms with Gasteiger partial charge in [0.1, 0.15) is 0 Å². The van der Waals surface area contributed by atoms with E-state index in [9.17, 15) is 0 Å². The maximum absolute atomic E-state index is 2.44. The van der Waals surface area contributed by atoms with E-state index in [-0.39, 0.29) is 0 Å². The van der Waals surface area contributed by atoms with Gasteiger partial charge in [0.05, 0.1) is 0 Å². The van der Waals surface area contributed by atoms with Crippen LogP contribution in [0.4, 0.5) is 0 Å². The van der Waals surface area contributed by atoms with Crippen LogP contribution in [-0.2, 0) is 0 Å². The van der Waals surface area contributed by atoms with Crippen LogP contribution in [0.15, 0.2) is 23.8 Å². The Hall–Kier alpha value is -0.520. The van der Waals surface area contributed by atoms with Crippen molar-refractivity contribution in [3.63, 3.8) is 0 Å². The van der Waals surface area contributed by atoms with Gasteiger partial charge in [0.25, 0.3) is 0 Å². The van der Waals surface area contributed by atoms with Gasteiger partial charge in [-0.2, -0.15) is 0 Å². The van der Waals surface area contributed by atoms with E-state index in [1.807, 2.05) is 0 Å². The molecule has 0 bridgehead atoms. The van der Waals surface area contributed by atoms with Crippen molar-refractivity contribution in [1.82, 2.24) is 0 Å². The molecule has 0 N–H and O–H groups in total. The van der Waals surface area contributed by atoms with E-state index >= 15 is 0 Å². The maximum Gasteiger partial charge on any atom is -0.0117 e. The summed E-state index contributed by atoms with van der Waals surface area (Å²) in [6.45, 7) is 9.31. The number of allylic oxidation sites excluding steroid dienone is 4. The minimum absolute atomic E-state index is 0.409. The molecule has 1 unspecified atom stereocenters. The lowest BCUT2D eigenvalue weighted by molar-refractivity contribution is 0.269. The molecule has 1 aliphatic rings. The Bertz CT molecular complexity index is 234. The molecule has 80 valence electrons. The first kappa shape index (κ1) is 11.6. The van der Waals surface area contributed by atoms with Gasteiger partial charge in [-0.3, -0.25) is 0 Å². The van der Waals surface area contributed by atoms with Crippen LogP contribution in [0.25, 0.3) is 0 Å². The average molecular weight is 192 g/mol. The molecule has 1 aliphatic carbocycles. The standard InChI is InChI=1S/C14H24/c1-5-7-13-9-8-12(3)14(4,6-2)11-10-13/h9-12H,5-8H2,1-4H3/t12?,14-/m0/s1. The Balaban J connectivity index is 2.78. The number of hydrogen-bond acceptors (Lipinski definition) is 0. The minimum Gasteiger partial charge on any atom is -0.0810 e. The van der Waals surface area contributed by atoms with E-state index < -0.39 is 0 Å². The highest BCUT2D eigenvalue weighted by molar-refractivity contribution is 5.23. The van der Waals surface area contributed by atoms with Crippen molar-refractivity contribution in [1.29, 1.82) is 0 Å². The number of hydrogen-bond donors (Lipinski definition) is 0. The fourth-order valence-electron chi connectivity index (χ4n) is 2.07. The molecule has 0 saturated carbocycles. The fraction of sp³-hybridized carbons (Fsp3) is 0.714. The molecule has 0 saturated heterocycles. The SMILES string of the molecule is CCCC1=CCC(C)[C@@](C)(CC)C=C1. The Morgan fingerprint density at radius 1 is 1.43 bits per heavy atom. The van der Waals surface area contributed by atoms with Crippen LogP contribution in [0.3, 0.4) is 0 Å². The lowest BCUT2D eigenvalue weighted by Crippen LogP contribution is -2.20. The summed E-state index contributed by atoms with van der Waals surface area (Å²) < 4.78 is 0. The van der Waals surface area contributed by atoms with Crippen molar-refractivity contribution >= 4 is 0 Å². The first-order valence-corrected chi connectivity index (χ1v) is 6.00. The Morgan fingerprint density at radius 2 is 2.14 bits per heavy atom. The van der Waals surface area contributed by atoms with E-state index in [1.54, 1.807) is 0 Å². The summed E-state index contributed by atoms with van der Waals surface area (Å²) in [5.41, 5.74) is 1.95. The molecule has 0 fully saturated rings. The number of rotatable bonds is 3. The van der Waals surface area contributed by atoms with E-state index in [0.717, 1.165) is 5.92 Å². The van der Waals surface area contributed by atoms with Crippen LogP contribution in [0, 0.1) is 11.3 Å². The summed E-state index contributed by atoms with van der Waals surface area (Å²) in [4.78, 5) is 0. The Labute approximate surface area is 89.1 Å². The fourth-order valence-corrected chi connectivity index (χ4v) is 2.07. The molecule has 14 heavy (non-hydrogen) atoms. The molecule has 1 rings (SSSR count). The molecule has 0 amide bonds. The molecule has 0 radical (unpaired) electrons. The molecule has 0 spiro atoms. The quantitative estimate of drug-likeness (QED) is 0.606. The van der Waals surface area contributed by atoms with E-state index in [1.165, 1.54) is 31.3 Å². The van der Waals surface area contributed by atoms with E-state index in [4.69, 9.17) is 0 Å². The van der Waals surface area contributed by atoms with Crippen LogP contribution >= 0.6 is 0 Å². The minimum atomic E-state index is 0.409. The van der Waals surface area contributed by atoms with Crippen molar-refractivity contribution in [2.75, 3.05) is 0 Å². The summed E-state index contributed by atoms with van der Waals surface area (Å²) in [5.74, 6) is 0.776. The predicted molar refractivity (Wildman–Crippen MR) is 64.3 cm³/mol. The van der Waals surface area contributed by atoms with E-state index in [0.29, 0.717) is 5.41 Å². The molecule has 0 aromatic carbocycles. The molecular weight excluding hydrogens is 168 g/mol. The smallest absolute Gasteiger partial charge is 0.0117 e. The molecule has 0 heteroatoms. The summed E-state index contributed by atoms with van der Waals surface area (Å²) in [6, 6.07) is 0. The largest absolute Gasteiger partial charge is 0.0810 e. The first-order chi connectivity index (χ1) is 6.62. The summed E-state index contributed by atoms with van der Waals surface area (Å²) >= 11 is 0.